The number of carbonyl (C=O) groups excluding carboxylic acids is 2. The van der Waals surface area contributed by atoms with Crippen LogP contribution >= 0.6 is 0 Å². The second-order valence-electron chi connectivity index (χ2n) is 7.81. The number of phenols is 1. The fraction of sp³-hybridized carbons (Fsp3) is 0. The van der Waals surface area contributed by atoms with E-state index in [-0.39, 0.29) is 87.0 Å². The quantitative estimate of drug-likeness (QED) is 0.167. The maximum atomic E-state index is 12.9. The fourth-order valence-corrected chi connectivity index (χ4v) is 4.61. The summed E-state index contributed by atoms with van der Waals surface area (Å²) >= 11 is 0. The van der Waals surface area contributed by atoms with E-state index in [1.165, 1.54) is 24.3 Å². The van der Waals surface area contributed by atoms with Crippen LogP contribution in [0.2, 0.25) is 0 Å². The van der Waals surface area contributed by atoms with E-state index in [0.717, 1.165) is 24.3 Å². The van der Waals surface area contributed by atoms with Crippen LogP contribution in [0.15, 0.2) is 88.7 Å². The molecule has 0 bridgehead atoms. The van der Waals surface area contributed by atoms with Crippen LogP contribution in [0.3, 0.4) is 0 Å². The summed E-state index contributed by atoms with van der Waals surface area (Å²) in [4.78, 5) is 23.8. The molecule has 0 heterocycles. The molecule has 0 aliphatic carbocycles. The Labute approximate surface area is 267 Å². The largest absolute Gasteiger partial charge is 0.507 e. The van der Waals surface area contributed by atoms with Gasteiger partial charge in [-0.2, -0.15) is 16.8 Å². The average Bonchev–Trinajstić information content (AvgIpc) is 2.83. The number of hydrogen-bond acceptors (Lipinski definition) is 7. The number of amides is 2. The Bertz CT molecular complexity index is 1760. The number of aromatic hydroxyl groups is 1. The van der Waals surface area contributed by atoms with Crippen molar-refractivity contribution in [2.45, 2.75) is 9.79 Å². The molecule has 39 heavy (non-hydrogen) atoms. The van der Waals surface area contributed by atoms with Crippen molar-refractivity contribution in [3.8, 4) is 5.75 Å². The zero-order valence-corrected chi connectivity index (χ0v) is 26.2. The molecule has 4 rings (SSSR count). The third kappa shape index (κ3) is 7.89. The molecule has 0 aliphatic rings. The number of fused-ring (bicyclic) bond motifs is 1. The van der Waals surface area contributed by atoms with Gasteiger partial charge < -0.3 is 15.7 Å². The molecule has 2 radical (unpaired) electrons. The number of rotatable bonds is 6. The third-order valence-corrected chi connectivity index (χ3v) is 6.92. The first-order valence-corrected chi connectivity index (χ1v) is 13.2. The zero-order valence-electron chi connectivity index (χ0n) is 20.6. The van der Waals surface area contributed by atoms with Crippen LogP contribution in [0.4, 0.5) is 11.4 Å². The van der Waals surface area contributed by atoms with Gasteiger partial charge in [0.2, 0.25) is 0 Å². The number of nitrogens with one attached hydrogen (secondary N) is 2. The summed E-state index contributed by atoms with van der Waals surface area (Å²) in [6, 6.07) is 17.5. The normalized spacial score (nSPS) is 11.1. The first-order valence-electron chi connectivity index (χ1n) is 10.4. The van der Waals surface area contributed by atoms with E-state index >= 15 is 0 Å². The minimum Gasteiger partial charge on any atom is -0.507 e. The van der Waals surface area contributed by atoms with Gasteiger partial charge in [-0.25, -0.2) is 0 Å². The average molecular weight is 589 g/mol. The second-order valence-corrected chi connectivity index (χ2v) is 10.7. The van der Waals surface area contributed by atoms with E-state index in [2.05, 4.69) is 10.6 Å². The molecule has 5 N–H and O–H groups in total. The van der Waals surface area contributed by atoms with Crippen LogP contribution in [0.25, 0.3) is 10.8 Å². The van der Waals surface area contributed by atoms with Gasteiger partial charge >= 0.3 is 0 Å². The molecule has 0 saturated carbocycles. The van der Waals surface area contributed by atoms with E-state index < -0.39 is 41.7 Å². The smallest absolute Gasteiger partial charge is 0.294 e. The third-order valence-electron chi connectivity index (χ3n) is 5.26. The molecule has 192 valence electrons. The van der Waals surface area contributed by atoms with Crippen LogP contribution in [0, 0.1) is 0 Å². The van der Waals surface area contributed by atoms with Gasteiger partial charge in [-0.15, -0.1) is 0 Å². The van der Waals surface area contributed by atoms with Crippen molar-refractivity contribution < 1.29 is 40.6 Å². The number of phenolic OH excluding ortho intramolecular Hbond substituents is 1. The molecule has 15 heteroatoms. The Morgan fingerprint density at radius 1 is 0.641 bits per heavy atom. The first-order chi connectivity index (χ1) is 17.3. The van der Waals surface area contributed by atoms with Crippen LogP contribution in [-0.2, 0) is 20.2 Å². The van der Waals surface area contributed by atoms with Crippen LogP contribution in [0.5, 0.6) is 5.75 Å². The first kappa shape index (κ1) is 32.9. The van der Waals surface area contributed by atoms with Crippen LogP contribution in [0.1, 0.15) is 20.7 Å². The molecule has 0 saturated heterocycles. The molecule has 4 aromatic carbocycles. The van der Waals surface area contributed by atoms with Crippen molar-refractivity contribution in [1.29, 1.82) is 0 Å². The molecule has 0 aliphatic heterocycles. The number of hydrogen-bond donors (Lipinski definition) is 5. The Balaban J connectivity index is 0.00000267. The standard InChI is InChI=1S/C24H18N2O9S2.2Na/c27-21-13-19(37(33,34)35)11-16-10-18(36(30,31)32)12-20(22(16)21)26-24(29)15-6-8-17(9-7-15)25-23(28)14-4-2-1-3-5-14;;/h1-13,27H,(H,25,28)(H,26,29)(H,30,31,32)(H,33,34,35);;. The van der Waals surface area contributed by atoms with Crippen molar-refractivity contribution in [3.63, 3.8) is 0 Å². The van der Waals surface area contributed by atoms with E-state index in [1.54, 1.807) is 30.3 Å². The second kappa shape index (κ2) is 12.9. The molecule has 4 aromatic rings. The van der Waals surface area contributed by atoms with Gasteiger partial charge in [0.1, 0.15) is 5.75 Å². The van der Waals surface area contributed by atoms with Crippen LogP contribution < -0.4 is 10.6 Å². The van der Waals surface area contributed by atoms with Gasteiger partial charge in [-0.1, -0.05) is 18.2 Å². The minimum absolute atomic E-state index is 0. The summed E-state index contributed by atoms with van der Waals surface area (Å²) in [5.41, 5.74) is 0.680. The maximum Gasteiger partial charge on any atom is 0.294 e. The van der Waals surface area contributed by atoms with Crippen molar-refractivity contribution in [2.24, 2.45) is 0 Å². The van der Waals surface area contributed by atoms with E-state index in [0.29, 0.717) is 11.3 Å². The van der Waals surface area contributed by atoms with Crippen molar-refractivity contribution in [2.75, 3.05) is 10.6 Å². The van der Waals surface area contributed by atoms with Gasteiger partial charge in [0, 0.05) is 87.4 Å². The van der Waals surface area contributed by atoms with Gasteiger partial charge in [-0.3, -0.25) is 18.7 Å². The van der Waals surface area contributed by atoms with Crippen molar-refractivity contribution >= 4 is 113 Å². The topological polar surface area (TPSA) is 187 Å². The SMILES string of the molecule is O=C(Nc1ccc(C(=O)Nc2cc(S(=O)(=O)O)cc3cc(S(=O)(=O)O)cc(O)c23)cc1)c1ccccc1.[Na].[Na]. The summed E-state index contributed by atoms with van der Waals surface area (Å²) in [6.45, 7) is 0. The fourth-order valence-electron chi connectivity index (χ4n) is 3.53. The molecule has 0 unspecified atom stereocenters. The molecule has 0 aromatic heterocycles. The molecular formula is C24H18N2Na2O9S2. The van der Waals surface area contributed by atoms with Crippen molar-refractivity contribution in [1.82, 2.24) is 0 Å². The van der Waals surface area contributed by atoms with Crippen LogP contribution in [-0.4, -0.2) is 102 Å². The molecule has 0 fully saturated rings. The Morgan fingerprint density at radius 3 is 1.67 bits per heavy atom. The van der Waals surface area contributed by atoms with E-state index in [9.17, 15) is 40.6 Å². The Morgan fingerprint density at radius 2 is 1.13 bits per heavy atom. The molecule has 11 nitrogen and oxygen atoms in total. The summed E-state index contributed by atoms with van der Waals surface area (Å²) in [6.07, 6.45) is 0. The molecular weight excluding hydrogens is 570 g/mol. The van der Waals surface area contributed by atoms with E-state index in [1.807, 2.05) is 0 Å². The molecule has 2 amide bonds. The minimum atomic E-state index is -4.80. The Kier molecular flexibility index (Phi) is 10.9. The van der Waals surface area contributed by atoms with Crippen molar-refractivity contribution in [3.05, 3.63) is 90.0 Å². The predicted molar refractivity (Wildman–Crippen MR) is 146 cm³/mol. The van der Waals surface area contributed by atoms with Gasteiger partial charge in [0.15, 0.2) is 0 Å². The predicted octanol–water partition coefficient (Wildman–Crippen LogP) is 2.78. The summed E-state index contributed by atoms with van der Waals surface area (Å²) in [5.74, 6) is -1.78. The monoisotopic (exact) mass is 588 g/mol. The maximum absolute atomic E-state index is 12.9. The number of anilines is 2. The molecule has 0 spiro atoms. The summed E-state index contributed by atoms with van der Waals surface area (Å²) < 4.78 is 65.4. The summed E-state index contributed by atoms with van der Waals surface area (Å²) in [5, 5.41) is 15.2. The number of benzene rings is 4. The Hall–Kier alpha value is -2.30. The summed E-state index contributed by atoms with van der Waals surface area (Å²) in [7, 11) is -9.57. The van der Waals surface area contributed by atoms with Gasteiger partial charge in [0.25, 0.3) is 32.1 Å². The van der Waals surface area contributed by atoms with Gasteiger partial charge in [-0.05, 0) is 60.0 Å². The van der Waals surface area contributed by atoms with Gasteiger partial charge in [0.05, 0.1) is 15.5 Å². The number of carbonyl (C=O) groups is 2. The molecule has 0 atom stereocenters. The van der Waals surface area contributed by atoms with E-state index in [4.69, 9.17) is 0 Å². The zero-order chi connectivity index (χ0) is 27.0.